The Morgan fingerprint density at radius 1 is 1.21 bits per heavy atom. The van der Waals surface area contributed by atoms with E-state index in [9.17, 15) is 19.7 Å². The summed E-state index contributed by atoms with van der Waals surface area (Å²) in [6.07, 6.45) is 0.429. The number of carbonyl (C=O) groups excluding carboxylic acids is 2. The number of non-ortho nitro benzene ring substituents is 1. The van der Waals surface area contributed by atoms with Crippen molar-refractivity contribution in [3.05, 3.63) is 64.3 Å². The van der Waals surface area contributed by atoms with Gasteiger partial charge in [0.05, 0.1) is 29.4 Å². The molecular formula is C19H17N3O6. The average molecular weight is 383 g/mol. The van der Waals surface area contributed by atoms with Gasteiger partial charge in [-0.05, 0) is 19.1 Å². The van der Waals surface area contributed by atoms with E-state index in [4.69, 9.17) is 9.47 Å². The van der Waals surface area contributed by atoms with Crippen molar-refractivity contribution in [2.45, 2.75) is 13.0 Å². The van der Waals surface area contributed by atoms with Gasteiger partial charge in [0.25, 0.3) is 11.6 Å². The Morgan fingerprint density at radius 2 is 1.96 bits per heavy atom. The van der Waals surface area contributed by atoms with Crippen LogP contribution in [0.2, 0.25) is 0 Å². The van der Waals surface area contributed by atoms with Crippen LogP contribution in [-0.2, 0) is 9.53 Å². The topological polar surface area (TPSA) is 124 Å². The standard InChI is InChI=1S/C19H17N3O6/c1-11(28-19(24)14-10-20-15-6-4-3-5-13(14)15)18(23)21-16-8-7-12(22(25)26)9-17(16)27-2/h3-11,20H,1-2H3,(H,21,23)/t11-/m1/s1. The van der Waals surface area contributed by atoms with E-state index in [0.29, 0.717) is 10.9 Å². The number of methoxy groups -OCH3 is 1. The largest absolute Gasteiger partial charge is 0.494 e. The van der Waals surface area contributed by atoms with Gasteiger partial charge in [0.15, 0.2) is 6.10 Å². The SMILES string of the molecule is COc1cc([N+](=O)[O-])ccc1NC(=O)[C@@H](C)OC(=O)c1c[nH]c2ccccc12. The zero-order valence-electron chi connectivity index (χ0n) is 15.1. The minimum absolute atomic E-state index is 0.123. The Hall–Kier alpha value is -3.88. The quantitative estimate of drug-likeness (QED) is 0.382. The lowest BCUT2D eigenvalue weighted by Gasteiger charge is -2.15. The summed E-state index contributed by atoms with van der Waals surface area (Å²) in [5.41, 5.74) is 1.16. The predicted octanol–water partition coefficient (Wildman–Crippen LogP) is 3.27. The second-order valence-electron chi connectivity index (χ2n) is 5.93. The molecule has 0 spiro atoms. The molecule has 3 aromatic rings. The third-order valence-electron chi connectivity index (χ3n) is 4.12. The zero-order valence-corrected chi connectivity index (χ0v) is 15.1. The Kier molecular flexibility index (Phi) is 5.25. The van der Waals surface area contributed by atoms with Crippen LogP contribution >= 0.6 is 0 Å². The van der Waals surface area contributed by atoms with E-state index < -0.39 is 22.9 Å². The summed E-state index contributed by atoms with van der Waals surface area (Å²) in [6.45, 7) is 1.43. The van der Waals surface area contributed by atoms with Crippen LogP contribution in [0.1, 0.15) is 17.3 Å². The zero-order chi connectivity index (χ0) is 20.3. The van der Waals surface area contributed by atoms with E-state index in [0.717, 1.165) is 5.52 Å². The van der Waals surface area contributed by atoms with Gasteiger partial charge in [-0.1, -0.05) is 18.2 Å². The number of esters is 1. The van der Waals surface area contributed by atoms with Crippen LogP contribution in [0, 0.1) is 10.1 Å². The molecule has 3 rings (SSSR count). The summed E-state index contributed by atoms with van der Waals surface area (Å²) in [5, 5.41) is 14.1. The molecule has 0 saturated carbocycles. The molecule has 144 valence electrons. The molecule has 28 heavy (non-hydrogen) atoms. The van der Waals surface area contributed by atoms with Crippen LogP contribution in [0.4, 0.5) is 11.4 Å². The number of aromatic nitrogens is 1. The minimum Gasteiger partial charge on any atom is -0.494 e. The lowest BCUT2D eigenvalue weighted by Crippen LogP contribution is -2.30. The molecule has 1 heterocycles. The highest BCUT2D eigenvalue weighted by atomic mass is 16.6. The van der Waals surface area contributed by atoms with Gasteiger partial charge in [0, 0.05) is 23.2 Å². The second-order valence-corrected chi connectivity index (χ2v) is 5.93. The number of carbonyl (C=O) groups is 2. The van der Waals surface area contributed by atoms with Crippen LogP contribution in [0.15, 0.2) is 48.7 Å². The van der Waals surface area contributed by atoms with Crippen LogP contribution in [0.3, 0.4) is 0 Å². The van der Waals surface area contributed by atoms with Gasteiger partial charge in [-0.15, -0.1) is 0 Å². The number of hydrogen-bond acceptors (Lipinski definition) is 6. The number of amides is 1. The molecule has 1 aromatic heterocycles. The maximum absolute atomic E-state index is 12.4. The van der Waals surface area contributed by atoms with E-state index in [1.807, 2.05) is 12.1 Å². The number of benzene rings is 2. The van der Waals surface area contributed by atoms with Crippen LogP contribution < -0.4 is 10.1 Å². The van der Waals surface area contributed by atoms with E-state index in [-0.39, 0.29) is 17.1 Å². The van der Waals surface area contributed by atoms with Crippen molar-refractivity contribution < 1.29 is 24.0 Å². The highest BCUT2D eigenvalue weighted by Crippen LogP contribution is 2.29. The first-order valence-corrected chi connectivity index (χ1v) is 8.31. The molecule has 1 atom stereocenters. The van der Waals surface area contributed by atoms with Gasteiger partial charge in [-0.2, -0.15) is 0 Å². The molecule has 9 heteroatoms. The molecule has 0 saturated heterocycles. The summed E-state index contributed by atoms with van der Waals surface area (Å²) < 4.78 is 10.3. The molecule has 0 bridgehead atoms. The molecule has 1 amide bonds. The monoisotopic (exact) mass is 383 g/mol. The maximum Gasteiger partial charge on any atom is 0.341 e. The van der Waals surface area contributed by atoms with Crippen LogP contribution in [0.5, 0.6) is 5.75 Å². The molecule has 9 nitrogen and oxygen atoms in total. The van der Waals surface area contributed by atoms with E-state index in [2.05, 4.69) is 10.3 Å². The predicted molar refractivity (Wildman–Crippen MR) is 101 cm³/mol. The fraction of sp³-hybridized carbons (Fsp3) is 0.158. The number of H-pyrrole nitrogens is 1. The van der Waals surface area contributed by atoms with Gasteiger partial charge < -0.3 is 19.8 Å². The van der Waals surface area contributed by atoms with Gasteiger partial charge >= 0.3 is 5.97 Å². The summed E-state index contributed by atoms with van der Waals surface area (Å²) in [4.78, 5) is 38.0. The molecule has 0 radical (unpaired) electrons. The molecule has 0 aliphatic heterocycles. The molecule has 0 unspecified atom stereocenters. The normalized spacial score (nSPS) is 11.6. The summed E-state index contributed by atoms with van der Waals surface area (Å²) in [6, 6.07) is 11.0. The third-order valence-corrected chi connectivity index (χ3v) is 4.12. The first kappa shape index (κ1) is 18.9. The van der Waals surface area contributed by atoms with Crippen molar-refractivity contribution in [1.82, 2.24) is 4.98 Å². The van der Waals surface area contributed by atoms with Gasteiger partial charge in [0.1, 0.15) is 5.75 Å². The van der Waals surface area contributed by atoms with Gasteiger partial charge in [0.2, 0.25) is 0 Å². The van der Waals surface area contributed by atoms with Crippen LogP contribution in [-0.4, -0.2) is 35.0 Å². The van der Waals surface area contributed by atoms with Crippen molar-refractivity contribution in [3.63, 3.8) is 0 Å². The van der Waals surface area contributed by atoms with Crippen molar-refractivity contribution in [2.75, 3.05) is 12.4 Å². The maximum atomic E-state index is 12.4. The highest BCUT2D eigenvalue weighted by Gasteiger charge is 2.22. The number of anilines is 1. The van der Waals surface area contributed by atoms with Gasteiger partial charge in [-0.3, -0.25) is 14.9 Å². The number of nitro benzene ring substituents is 1. The summed E-state index contributed by atoms with van der Waals surface area (Å²) in [5.74, 6) is -1.12. The first-order valence-electron chi connectivity index (χ1n) is 8.31. The summed E-state index contributed by atoms with van der Waals surface area (Å²) in [7, 11) is 1.33. The number of fused-ring (bicyclic) bond motifs is 1. The van der Waals surface area contributed by atoms with Crippen molar-refractivity contribution in [2.24, 2.45) is 0 Å². The Labute approximate surface area is 159 Å². The van der Waals surface area contributed by atoms with Crippen molar-refractivity contribution in [1.29, 1.82) is 0 Å². The molecular weight excluding hydrogens is 366 g/mol. The number of rotatable bonds is 6. The number of nitrogens with zero attached hydrogens (tertiary/aromatic N) is 1. The number of nitro groups is 1. The number of nitrogens with one attached hydrogen (secondary N) is 2. The number of ether oxygens (including phenoxy) is 2. The third kappa shape index (κ3) is 3.78. The number of hydrogen-bond donors (Lipinski definition) is 2. The fourth-order valence-electron chi connectivity index (χ4n) is 2.65. The number of para-hydroxylation sites is 1. The molecule has 2 aromatic carbocycles. The second kappa shape index (κ2) is 7.78. The molecule has 0 fully saturated rings. The fourth-order valence-corrected chi connectivity index (χ4v) is 2.65. The van der Waals surface area contributed by atoms with E-state index >= 15 is 0 Å². The first-order chi connectivity index (χ1) is 13.4. The Morgan fingerprint density at radius 3 is 2.68 bits per heavy atom. The highest BCUT2D eigenvalue weighted by molar-refractivity contribution is 6.05. The summed E-state index contributed by atoms with van der Waals surface area (Å²) >= 11 is 0. The lowest BCUT2D eigenvalue weighted by molar-refractivity contribution is -0.384. The molecule has 0 aliphatic carbocycles. The lowest BCUT2D eigenvalue weighted by atomic mass is 10.2. The smallest absolute Gasteiger partial charge is 0.341 e. The Bertz CT molecular complexity index is 1060. The van der Waals surface area contributed by atoms with Gasteiger partial charge in [-0.25, -0.2) is 4.79 Å². The Balaban J connectivity index is 1.71. The average Bonchev–Trinajstić information content (AvgIpc) is 3.12. The van der Waals surface area contributed by atoms with E-state index in [1.54, 1.807) is 12.1 Å². The van der Waals surface area contributed by atoms with E-state index in [1.165, 1.54) is 38.4 Å². The van der Waals surface area contributed by atoms with Crippen molar-refractivity contribution >= 4 is 34.2 Å². The number of aromatic amines is 1. The minimum atomic E-state index is -1.10. The van der Waals surface area contributed by atoms with Crippen LogP contribution in [0.25, 0.3) is 10.9 Å². The molecule has 0 aliphatic rings. The molecule has 2 N–H and O–H groups in total. The van der Waals surface area contributed by atoms with Crippen molar-refractivity contribution in [3.8, 4) is 5.75 Å².